The fraction of sp³-hybridized carbons (Fsp3) is 0.538. The molecule has 90 valence electrons. The minimum atomic E-state index is 0.0798. The maximum Gasteiger partial charge on any atom is 0.123 e. The zero-order valence-corrected chi connectivity index (χ0v) is 10.3. The number of hydrogen-bond donors (Lipinski definition) is 1. The zero-order valence-electron chi connectivity index (χ0n) is 10.3. The SMILES string of the molecule is CCC(C)C(N)COc1cccc(OC)c1. The van der Waals surface area contributed by atoms with E-state index in [2.05, 4.69) is 13.8 Å². The molecule has 0 heterocycles. The molecule has 2 atom stereocenters. The molecule has 16 heavy (non-hydrogen) atoms. The third-order valence-corrected chi connectivity index (χ3v) is 2.86. The molecule has 3 nitrogen and oxygen atoms in total. The van der Waals surface area contributed by atoms with Crippen LogP contribution in [0.5, 0.6) is 11.5 Å². The fourth-order valence-electron chi connectivity index (χ4n) is 1.35. The van der Waals surface area contributed by atoms with E-state index >= 15 is 0 Å². The summed E-state index contributed by atoms with van der Waals surface area (Å²) < 4.78 is 10.7. The van der Waals surface area contributed by atoms with Crippen molar-refractivity contribution in [2.45, 2.75) is 26.3 Å². The van der Waals surface area contributed by atoms with E-state index in [1.165, 1.54) is 0 Å². The standard InChI is InChI=1S/C13H21NO2/c1-4-10(2)13(14)9-16-12-7-5-6-11(8-12)15-3/h5-8,10,13H,4,9,14H2,1-3H3. The van der Waals surface area contributed by atoms with Gasteiger partial charge in [0.1, 0.15) is 18.1 Å². The summed E-state index contributed by atoms with van der Waals surface area (Å²) >= 11 is 0. The lowest BCUT2D eigenvalue weighted by Crippen LogP contribution is -2.34. The Hall–Kier alpha value is -1.22. The minimum absolute atomic E-state index is 0.0798. The second-order valence-corrected chi connectivity index (χ2v) is 4.04. The molecule has 2 unspecified atom stereocenters. The van der Waals surface area contributed by atoms with Crippen molar-refractivity contribution >= 4 is 0 Å². The summed E-state index contributed by atoms with van der Waals surface area (Å²) in [5, 5.41) is 0. The number of ether oxygens (including phenoxy) is 2. The molecule has 0 bridgehead atoms. The van der Waals surface area contributed by atoms with Crippen LogP contribution < -0.4 is 15.2 Å². The molecule has 0 aliphatic rings. The topological polar surface area (TPSA) is 44.5 Å². The second-order valence-electron chi connectivity index (χ2n) is 4.04. The van der Waals surface area contributed by atoms with Gasteiger partial charge < -0.3 is 15.2 Å². The number of hydrogen-bond acceptors (Lipinski definition) is 3. The molecule has 3 heteroatoms. The highest BCUT2D eigenvalue weighted by atomic mass is 16.5. The van der Waals surface area contributed by atoms with E-state index in [1.807, 2.05) is 24.3 Å². The Morgan fingerprint density at radius 1 is 1.31 bits per heavy atom. The number of rotatable bonds is 6. The molecule has 0 aliphatic heterocycles. The van der Waals surface area contributed by atoms with Gasteiger partial charge in [-0.15, -0.1) is 0 Å². The van der Waals surface area contributed by atoms with Gasteiger partial charge in [-0.3, -0.25) is 0 Å². The van der Waals surface area contributed by atoms with Crippen LogP contribution >= 0.6 is 0 Å². The smallest absolute Gasteiger partial charge is 0.123 e. The molecule has 0 fully saturated rings. The summed E-state index contributed by atoms with van der Waals surface area (Å²) in [6.45, 7) is 4.82. The van der Waals surface area contributed by atoms with Gasteiger partial charge in [0, 0.05) is 12.1 Å². The average Bonchev–Trinajstić information content (AvgIpc) is 2.35. The van der Waals surface area contributed by atoms with Crippen molar-refractivity contribution in [3.63, 3.8) is 0 Å². The van der Waals surface area contributed by atoms with E-state index in [0.29, 0.717) is 12.5 Å². The van der Waals surface area contributed by atoms with Crippen LogP contribution in [-0.4, -0.2) is 19.8 Å². The van der Waals surface area contributed by atoms with Crippen molar-refractivity contribution in [3.05, 3.63) is 24.3 Å². The third kappa shape index (κ3) is 3.74. The zero-order chi connectivity index (χ0) is 12.0. The van der Waals surface area contributed by atoms with Gasteiger partial charge >= 0.3 is 0 Å². The predicted octanol–water partition coefficient (Wildman–Crippen LogP) is 2.45. The Bertz CT molecular complexity index is 315. The molecule has 0 spiro atoms. The molecule has 1 aromatic carbocycles. The van der Waals surface area contributed by atoms with E-state index in [9.17, 15) is 0 Å². The predicted molar refractivity (Wildman–Crippen MR) is 65.9 cm³/mol. The van der Waals surface area contributed by atoms with Crippen LogP contribution in [-0.2, 0) is 0 Å². The molecule has 1 rings (SSSR count). The molecule has 0 saturated carbocycles. The molecule has 0 aromatic heterocycles. The summed E-state index contributed by atoms with van der Waals surface area (Å²) in [4.78, 5) is 0. The lowest BCUT2D eigenvalue weighted by Gasteiger charge is -2.18. The van der Waals surface area contributed by atoms with Crippen molar-refractivity contribution < 1.29 is 9.47 Å². The summed E-state index contributed by atoms with van der Waals surface area (Å²) in [6.07, 6.45) is 1.07. The fourth-order valence-corrected chi connectivity index (χ4v) is 1.35. The van der Waals surface area contributed by atoms with Crippen LogP contribution in [0.15, 0.2) is 24.3 Å². The number of methoxy groups -OCH3 is 1. The quantitative estimate of drug-likeness (QED) is 0.805. The number of nitrogens with two attached hydrogens (primary N) is 1. The van der Waals surface area contributed by atoms with Gasteiger partial charge in [-0.05, 0) is 18.1 Å². The maximum absolute atomic E-state index is 5.99. The van der Waals surface area contributed by atoms with Crippen LogP contribution in [0.2, 0.25) is 0 Å². The second kappa shape index (κ2) is 6.38. The Kier molecular flexibility index (Phi) is 5.12. The van der Waals surface area contributed by atoms with E-state index in [4.69, 9.17) is 15.2 Å². The van der Waals surface area contributed by atoms with Gasteiger partial charge in [0.05, 0.1) is 7.11 Å². The van der Waals surface area contributed by atoms with Gasteiger partial charge in [0.15, 0.2) is 0 Å². The Balaban J connectivity index is 2.47. The first-order chi connectivity index (χ1) is 7.67. The molecule has 0 saturated heterocycles. The highest BCUT2D eigenvalue weighted by Crippen LogP contribution is 2.19. The lowest BCUT2D eigenvalue weighted by atomic mass is 10.0. The van der Waals surface area contributed by atoms with Crippen LogP contribution in [0.3, 0.4) is 0 Å². The third-order valence-electron chi connectivity index (χ3n) is 2.86. The van der Waals surface area contributed by atoms with Gasteiger partial charge in [0.25, 0.3) is 0 Å². The normalized spacial score (nSPS) is 14.2. The molecule has 0 aliphatic carbocycles. The largest absolute Gasteiger partial charge is 0.497 e. The van der Waals surface area contributed by atoms with Crippen LogP contribution in [0, 0.1) is 5.92 Å². The molecule has 1 aromatic rings. The van der Waals surface area contributed by atoms with Crippen molar-refractivity contribution in [1.82, 2.24) is 0 Å². The van der Waals surface area contributed by atoms with Crippen molar-refractivity contribution in [2.75, 3.05) is 13.7 Å². The molecular weight excluding hydrogens is 202 g/mol. The minimum Gasteiger partial charge on any atom is -0.497 e. The molecule has 0 radical (unpaired) electrons. The maximum atomic E-state index is 5.99. The molecule has 0 amide bonds. The summed E-state index contributed by atoms with van der Waals surface area (Å²) in [5.74, 6) is 2.08. The highest BCUT2D eigenvalue weighted by molar-refractivity contribution is 5.32. The first-order valence-electron chi connectivity index (χ1n) is 5.69. The monoisotopic (exact) mass is 223 g/mol. The Labute approximate surface area is 97.6 Å². The van der Waals surface area contributed by atoms with E-state index < -0.39 is 0 Å². The molecular formula is C13H21NO2. The van der Waals surface area contributed by atoms with Crippen LogP contribution in [0.4, 0.5) is 0 Å². The van der Waals surface area contributed by atoms with Gasteiger partial charge in [-0.2, -0.15) is 0 Å². The summed E-state index contributed by atoms with van der Waals surface area (Å²) in [7, 11) is 1.64. The van der Waals surface area contributed by atoms with Gasteiger partial charge in [-0.1, -0.05) is 26.3 Å². The van der Waals surface area contributed by atoms with Crippen molar-refractivity contribution in [1.29, 1.82) is 0 Å². The Morgan fingerprint density at radius 3 is 2.62 bits per heavy atom. The van der Waals surface area contributed by atoms with Gasteiger partial charge in [0.2, 0.25) is 0 Å². The highest BCUT2D eigenvalue weighted by Gasteiger charge is 2.11. The van der Waals surface area contributed by atoms with Crippen LogP contribution in [0.25, 0.3) is 0 Å². The first kappa shape index (κ1) is 12.8. The lowest BCUT2D eigenvalue weighted by molar-refractivity contribution is 0.249. The Morgan fingerprint density at radius 2 is 2.00 bits per heavy atom. The van der Waals surface area contributed by atoms with Crippen LogP contribution in [0.1, 0.15) is 20.3 Å². The van der Waals surface area contributed by atoms with Crippen molar-refractivity contribution in [2.24, 2.45) is 11.7 Å². The van der Waals surface area contributed by atoms with Gasteiger partial charge in [-0.25, -0.2) is 0 Å². The summed E-state index contributed by atoms with van der Waals surface area (Å²) in [5.41, 5.74) is 5.99. The average molecular weight is 223 g/mol. The van der Waals surface area contributed by atoms with Crippen molar-refractivity contribution in [3.8, 4) is 11.5 Å². The molecule has 2 N–H and O–H groups in total. The summed E-state index contributed by atoms with van der Waals surface area (Å²) in [6, 6.07) is 7.65. The number of benzene rings is 1. The first-order valence-corrected chi connectivity index (χ1v) is 5.69. The van der Waals surface area contributed by atoms with E-state index in [0.717, 1.165) is 17.9 Å². The van der Waals surface area contributed by atoms with E-state index in [-0.39, 0.29) is 6.04 Å². The van der Waals surface area contributed by atoms with E-state index in [1.54, 1.807) is 7.11 Å².